The van der Waals surface area contributed by atoms with Gasteiger partial charge in [0, 0.05) is 18.2 Å². The summed E-state index contributed by atoms with van der Waals surface area (Å²) in [6.45, 7) is 0.909. The van der Waals surface area contributed by atoms with Gasteiger partial charge in [0.2, 0.25) is 11.8 Å². The van der Waals surface area contributed by atoms with Gasteiger partial charge in [0.15, 0.2) is 0 Å². The molecule has 0 heterocycles. The average molecular weight is 389 g/mol. The van der Waals surface area contributed by atoms with Crippen molar-refractivity contribution < 1.29 is 19.2 Å². The van der Waals surface area contributed by atoms with Crippen molar-refractivity contribution in [1.29, 1.82) is 0 Å². The Morgan fingerprint density at radius 2 is 1.93 bits per heavy atom. The minimum Gasteiger partial charge on any atom is -0.494 e. The summed E-state index contributed by atoms with van der Waals surface area (Å²) < 4.78 is 5.52. The highest BCUT2D eigenvalue weighted by Crippen LogP contribution is 2.29. The van der Waals surface area contributed by atoms with Crippen LogP contribution in [-0.2, 0) is 4.79 Å². The highest BCUT2D eigenvalue weighted by molar-refractivity contribution is 8.00. The van der Waals surface area contributed by atoms with Crippen LogP contribution < -0.4 is 15.8 Å². The number of carbonyl (C=O) groups excluding carboxylic acids is 2. The lowest BCUT2D eigenvalue weighted by atomic mass is 10.2. The maximum absolute atomic E-state index is 11.9. The van der Waals surface area contributed by atoms with E-state index in [1.807, 2.05) is 30.3 Å². The van der Waals surface area contributed by atoms with Crippen LogP contribution >= 0.6 is 11.8 Å². The van der Waals surface area contributed by atoms with E-state index in [0.717, 1.165) is 23.6 Å². The number of carbonyl (C=O) groups is 2. The zero-order chi connectivity index (χ0) is 19.6. The largest absolute Gasteiger partial charge is 0.494 e. The van der Waals surface area contributed by atoms with Crippen LogP contribution in [0, 0.1) is 10.1 Å². The Morgan fingerprint density at radius 3 is 2.59 bits per heavy atom. The van der Waals surface area contributed by atoms with Gasteiger partial charge in [0.1, 0.15) is 5.75 Å². The first-order chi connectivity index (χ1) is 13.0. The molecule has 0 radical (unpaired) electrons. The van der Waals surface area contributed by atoms with Crippen molar-refractivity contribution in [3.8, 4) is 5.75 Å². The minimum atomic E-state index is -0.745. The van der Waals surface area contributed by atoms with Gasteiger partial charge < -0.3 is 15.8 Å². The molecule has 27 heavy (non-hydrogen) atoms. The first-order valence-corrected chi connectivity index (χ1v) is 9.11. The second-order valence-electron chi connectivity index (χ2n) is 5.46. The molecule has 0 aliphatic heterocycles. The number of benzene rings is 2. The van der Waals surface area contributed by atoms with Gasteiger partial charge in [0.05, 0.1) is 22.2 Å². The Balaban J connectivity index is 1.75. The molecule has 9 heteroatoms. The van der Waals surface area contributed by atoms with Crippen LogP contribution in [0.2, 0.25) is 0 Å². The Labute approximate surface area is 160 Å². The molecule has 8 nitrogen and oxygen atoms in total. The SMILES string of the molecule is NC(=O)c1ccc(SCC(=O)NCCCOc2ccccc2)c([N+](=O)[O-])c1. The molecule has 2 amide bonds. The molecule has 2 aromatic carbocycles. The van der Waals surface area contributed by atoms with E-state index in [0.29, 0.717) is 24.5 Å². The Morgan fingerprint density at radius 1 is 1.19 bits per heavy atom. The monoisotopic (exact) mass is 389 g/mol. The van der Waals surface area contributed by atoms with Crippen molar-refractivity contribution in [1.82, 2.24) is 5.32 Å². The quantitative estimate of drug-likeness (QED) is 0.278. The number of nitro benzene ring substituents is 1. The molecule has 0 unspecified atom stereocenters. The van der Waals surface area contributed by atoms with Crippen LogP contribution in [0.15, 0.2) is 53.4 Å². The summed E-state index contributed by atoms with van der Waals surface area (Å²) in [6, 6.07) is 13.3. The molecule has 0 spiro atoms. The lowest BCUT2D eigenvalue weighted by Gasteiger charge is -2.08. The molecule has 3 N–H and O–H groups in total. The van der Waals surface area contributed by atoms with Crippen LogP contribution in [0.1, 0.15) is 16.8 Å². The van der Waals surface area contributed by atoms with E-state index in [-0.39, 0.29) is 22.9 Å². The van der Waals surface area contributed by atoms with Crippen LogP contribution in [0.25, 0.3) is 0 Å². The van der Waals surface area contributed by atoms with Gasteiger partial charge in [-0.2, -0.15) is 0 Å². The maximum atomic E-state index is 11.9. The van der Waals surface area contributed by atoms with Gasteiger partial charge >= 0.3 is 0 Å². The van der Waals surface area contributed by atoms with Gasteiger partial charge in [-0.3, -0.25) is 19.7 Å². The summed E-state index contributed by atoms with van der Waals surface area (Å²) in [5.74, 6) is -0.194. The van der Waals surface area contributed by atoms with Crippen molar-refractivity contribution >= 4 is 29.3 Å². The molecule has 0 saturated carbocycles. The van der Waals surface area contributed by atoms with Crippen molar-refractivity contribution in [2.45, 2.75) is 11.3 Å². The molecule has 0 aliphatic rings. The van der Waals surface area contributed by atoms with E-state index < -0.39 is 10.8 Å². The lowest BCUT2D eigenvalue weighted by molar-refractivity contribution is -0.387. The fraction of sp³-hybridized carbons (Fsp3) is 0.222. The number of primary amides is 1. The number of rotatable bonds is 10. The molecule has 2 aromatic rings. The summed E-state index contributed by atoms with van der Waals surface area (Å²) in [6.07, 6.45) is 0.638. The normalized spacial score (nSPS) is 10.2. The number of nitrogens with zero attached hydrogens (tertiary/aromatic N) is 1. The van der Waals surface area contributed by atoms with E-state index in [1.54, 1.807) is 0 Å². The molecule has 0 fully saturated rings. The van der Waals surface area contributed by atoms with E-state index in [9.17, 15) is 19.7 Å². The van der Waals surface area contributed by atoms with E-state index >= 15 is 0 Å². The van der Waals surface area contributed by atoms with E-state index in [4.69, 9.17) is 10.5 Å². The molecule has 0 aromatic heterocycles. The Kier molecular flexibility index (Phi) is 7.63. The summed E-state index contributed by atoms with van der Waals surface area (Å²) in [4.78, 5) is 33.8. The fourth-order valence-corrected chi connectivity index (χ4v) is 2.97. The second-order valence-corrected chi connectivity index (χ2v) is 6.47. The van der Waals surface area contributed by atoms with E-state index in [2.05, 4.69) is 5.32 Å². The zero-order valence-electron chi connectivity index (χ0n) is 14.4. The third-order valence-electron chi connectivity index (χ3n) is 3.45. The molecule has 0 atom stereocenters. The van der Waals surface area contributed by atoms with Gasteiger partial charge in [-0.15, -0.1) is 11.8 Å². The standard InChI is InChI=1S/C18H19N3O5S/c19-18(23)13-7-8-16(15(11-13)21(24)25)27-12-17(22)20-9-4-10-26-14-5-2-1-3-6-14/h1-3,5-8,11H,4,9-10,12H2,(H2,19,23)(H,20,22). The van der Waals surface area contributed by atoms with Crippen molar-refractivity contribution in [3.63, 3.8) is 0 Å². The number of nitrogens with two attached hydrogens (primary N) is 1. The summed E-state index contributed by atoms with van der Waals surface area (Å²) in [5.41, 5.74) is 4.93. The van der Waals surface area contributed by atoms with Gasteiger partial charge in [-0.25, -0.2) is 0 Å². The van der Waals surface area contributed by atoms with Crippen molar-refractivity contribution in [2.75, 3.05) is 18.9 Å². The number of hydrogen-bond donors (Lipinski definition) is 2. The fourth-order valence-electron chi connectivity index (χ4n) is 2.14. The molecule has 2 rings (SSSR count). The molecule has 0 saturated heterocycles. The van der Waals surface area contributed by atoms with Crippen LogP contribution in [0.5, 0.6) is 5.75 Å². The predicted octanol–water partition coefficient (Wildman–Crippen LogP) is 2.37. The number of thioether (sulfide) groups is 1. The highest BCUT2D eigenvalue weighted by atomic mass is 32.2. The Bertz CT molecular complexity index is 814. The number of nitrogens with one attached hydrogen (secondary N) is 1. The van der Waals surface area contributed by atoms with Crippen LogP contribution in [-0.4, -0.2) is 35.6 Å². The summed E-state index contributed by atoms with van der Waals surface area (Å²) >= 11 is 1.03. The number of ether oxygens (including phenoxy) is 1. The van der Waals surface area contributed by atoms with Crippen molar-refractivity contribution in [2.24, 2.45) is 5.73 Å². The predicted molar refractivity (Wildman–Crippen MR) is 102 cm³/mol. The number of nitro groups is 1. The third kappa shape index (κ3) is 6.63. The number of para-hydroxylation sites is 1. The molecule has 142 valence electrons. The van der Waals surface area contributed by atoms with Gasteiger partial charge in [0.25, 0.3) is 5.69 Å². The van der Waals surface area contributed by atoms with Gasteiger partial charge in [-0.1, -0.05) is 18.2 Å². The third-order valence-corrected chi connectivity index (χ3v) is 4.52. The zero-order valence-corrected chi connectivity index (χ0v) is 15.2. The smallest absolute Gasteiger partial charge is 0.283 e. The van der Waals surface area contributed by atoms with Crippen molar-refractivity contribution in [3.05, 3.63) is 64.2 Å². The van der Waals surface area contributed by atoms with Gasteiger partial charge in [-0.05, 0) is 30.7 Å². The Hall–Kier alpha value is -3.07. The molecule has 0 bridgehead atoms. The minimum absolute atomic E-state index is 0.0241. The number of hydrogen-bond acceptors (Lipinski definition) is 6. The maximum Gasteiger partial charge on any atom is 0.283 e. The van der Waals surface area contributed by atoms with Crippen LogP contribution in [0.3, 0.4) is 0 Å². The summed E-state index contributed by atoms with van der Waals surface area (Å²) in [7, 11) is 0. The van der Waals surface area contributed by atoms with Crippen LogP contribution in [0.4, 0.5) is 5.69 Å². The highest BCUT2D eigenvalue weighted by Gasteiger charge is 2.17. The number of amides is 2. The second kappa shape index (κ2) is 10.2. The molecular formula is C18H19N3O5S. The topological polar surface area (TPSA) is 125 Å². The van der Waals surface area contributed by atoms with E-state index in [1.165, 1.54) is 12.1 Å². The first-order valence-electron chi connectivity index (χ1n) is 8.13. The molecular weight excluding hydrogens is 370 g/mol. The molecule has 0 aliphatic carbocycles. The average Bonchev–Trinajstić information content (AvgIpc) is 2.66. The summed E-state index contributed by atoms with van der Waals surface area (Å²) in [5, 5.41) is 13.9. The first kappa shape index (κ1) is 20.2. The lowest BCUT2D eigenvalue weighted by Crippen LogP contribution is -2.27.